The molecule has 2 N–H and O–H groups in total. The average Bonchev–Trinajstić information content (AvgIpc) is 2.54. The molecular weight excluding hydrogens is 268 g/mol. The van der Waals surface area contributed by atoms with E-state index >= 15 is 0 Å². The van der Waals surface area contributed by atoms with E-state index in [4.69, 9.17) is 9.84 Å². The van der Waals surface area contributed by atoms with E-state index in [-0.39, 0.29) is 6.61 Å². The van der Waals surface area contributed by atoms with E-state index in [0.29, 0.717) is 18.3 Å². The third kappa shape index (κ3) is 9.19. The highest BCUT2D eigenvalue weighted by molar-refractivity contribution is 5.78. The van der Waals surface area contributed by atoms with Crippen molar-refractivity contribution in [3.8, 4) is 0 Å². The molecule has 1 saturated heterocycles. The second kappa shape index (κ2) is 12.1. The topological polar surface area (TPSA) is 61.8 Å². The molecule has 0 aromatic carbocycles. The molecule has 0 amide bonds. The first-order chi connectivity index (χ1) is 10.2. The van der Waals surface area contributed by atoms with Crippen LogP contribution >= 0.6 is 0 Å². The summed E-state index contributed by atoms with van der Waals surface area (Å²) in [6.45, 7) is 8.43. The van der Waals surface area contributed by atoms with Gasteiger partial charge in [-0.1, -0.05) is 19.3 Å². The zero-order valence-corrected chi connectivity index (χ0v) is 13.5. The molecule has 124 valence electrons. The molecule has 0 aromatic heterocycles. The molecule has 5 heteroatoms. The van der Waals surface area contributed by atoms with Crippen molar-refractivity contribution < 1.29 is 14.6 Å². The highest BCUT2D eigenvalue weighted by Gasteiger charge is 2.16. The van der Waals surface area contributed by atoms with E-state index in [1.165, 1.54) is 19.3 Å². The molecule has 2 aliphatic rings. The number of rotatable bonds is 6. The highest BCUT2D eigenvalue weighted by Crippen LogP contribution is 2.23. The minimum atomic E-state index is 0.127. The van der Waals surface area contributed by atoms with Crippen LogP contribution in [0, 0.1) is 5.92 Å². The summed E-state index contributed by atoms with van der Waals surface area (Å²) in [5, 5.41) is 11.7. The van der Waals surface area contributed by atoms with Gasteiger partial charge in [-0.25, -0.2) is 0 Å². The average molecular weight is 300 g/mol. The molecule has 0 radical (unpaired) electrons. The van der Waals surface area contributed by atoms with E-state index in [1.807, 2.05) is 0 Å². The van der Waals surface area contributed by atoms with Gasteiger partial charge in [0, 0.05) is 38.6 Å². The van der Waals surface area contributed by atoms with Crippen LogP contribution in [0.25, 0.3) is 0 Å². The molecule has 0 unspecified atom stereocenters. The van der Waals surface area contributed by atoms with Crippen LogP contribution in [0.1, 0.15) is 39.0 Å². The SMILES string of the molecule is CC(=O)C1CCCCC1.OCCOCCN1CCNCC1. The van der Waals surface area contributed by atoms with Gasteiger partial charge in [0.1, 0.15) is 5.78 Å². The van der Waals surface area contributed by atoms with Crippen molar-refractivity contribution in [2.45, 2.75) is 39.0 Å². The van der Waals surface area contributed by atoms with E-state index < -0.39 is 0 Å². The lowest BCUT2D eigenvalue weighted by molar-refractivity contribution is -0.121. The van der Waals surface area contributed by atoms with Crippen LogP contribution in [0.15, 0.2) is 0 Å². The van der Waals surface area contributed by atoms with Gasteiger partial charge in [-0.05, 0) is 19.8 Å². The Labute approximate surface area is 129 Å². The number of aliphatic hydroxyl groups excluding tert-OH is 1. The smallest absolute Gasteiger partial charge is 0.132 e. The first-order valence-electron chi connectivity index (χ1n) is 8.36. The molecule has 1 aliphatic heterocycles. The molecule has 1 aliphatic carbocycles. The Hall–Kier alpha value is -0.490. The maximum atomic E-state index is 10.8. The lowest BCUT2D eigenvalue weighted by Crippen LogP contribution is -2.44. The fraction of sp³-hybridized carbons (Fsp3) is 0.938. The first-order valence-corrected chi connectivity index (χ1v) is 8.36. The summed E-state index contributed by atoms with van der Waals surface area (Å²) in [5.41, 5.74) is 0. The number of aliphatic hydroxyl groups is 1. The van der Waals surface area contributed by atoms with Crippen molar-refractivity contribution in [2.24, 2.45) is 5.92 Å². The fourth-order valence-corrected chi connectivity index (χ4v) is 2.80. The van der Waals surface area contributed by atoms with Crippen molar-refractivity contribution in [3.05, 3.63) is 0 Å². The van der Waals surface area contributed by atoms with Gasteiger partial charge >= 0.3 is 0 Å². The summed E-state index contributed by atoms with van der Waals surface area (Å²) in [7, 11) is 0. The maximum Gasteiger partial charge on any atom is 0.132 e. The number of hydrogen-bond acceptors (Lipinski definition) is 5. The lowest BCUT2D eigenvalue weighted by Gasteiger charge is -2.26. The van der Waals surface area contributed by atoms with Gasteiger partial charge in [-0.3, -0.25) is 9.69 Å². The zero-order valence-electron chi connectivity index (χ0n) is 13.5. The number of piperazine rings is 1. The molecule has 0 bridgehead atoms. The van der Waals surface area contributed by atoms with Gasteiger partial charge in [0.05, 0.1) is 19.8 Å². The molecule has 1 saturated carbocycles. The predicted octanol–water partition coefficient (Wildman–Crippen LogP) is 1.06. The molecule has 21 heavy (non-hydrogen) atoms. The number of nitrogens with zero attached hydrogens (tertiary/aromatic N) is 1. The van der Waals surface area contributed by atoms with E-state index in [9.17, 15) is 4.79 Å². The number of hydrogen-bond donors (Lipinski definition) is 2. The lowest BCUT2D eigenvalue weighted by atomic mass is 9.87. The number of carbonyl (C=O) groups excluding carboxylic acids is 1. The van der Waals surface area contributed by atoms with Crippen LogP contribution in [0.5, 0.6) is 0 Å². The Morgan fingerprint density at radius 1 is 1.19 bits per heavy atom. The largest absolute Gasteiger partial charge is 0.394 e. The van der Waals surface area contributed by atoms with Gasteiger partial charge in [0.2, 0.25) is 0 Å². The Kier molecular flexibility index (Phi) is 10.7. The Morgan fingerprint density at radius 2 is 1.86 bits per heavy atom. The number of carbonyl (C=O) groups is 1. The zero-order chi connectivity index (χ0) is 15.3. The molecule has 2 fully saturated rings. The van der Waals surface area contributed by atoms with Crippen molar-refractivity contribution in [1.29, 1.82) is 0 Å². The molecule has 1 heterocycles. The van der Waals surface area contributed by atoms with E-state index in [2.05, 4.69) is 10.2 Å². The standard InChI is InChI=1S/C8H18N2O2.C8H14O/c11-6-8-12-7-5-10-3-1-9-2-4-10;1-7(9)8-5-3-2-4-6-8/h9,11H,1-8H2;8H,2-6H2,1H3. The number of nitrogens with one attached hydrogen (secondary N) is 1. The molecule has 0 atom stereocenters. The van der Waals surface area contributed by atoms with Crippen molar-refractivity contribution in [3.63, 3.8) is 0 Å². The minimum Gasteiger partial charge on any atom is -0.394 e. The third-order valence-electron chi connectivity index (χ3n) is 4.18. The minimum absolute atomic E-state index is 0.127. The summed E-state index contributed by atoms with van der Waals surface area (Å²) in [6, 6.07) is 0. The Bertz CT molecular complexity index is 262. The summed E-state index contributed by atoms with van der Waals surface area (Å²) in [4.78, 5) is 13.2. The Morgan fingerprint density at radius 3 is 2.38 bits per heavy atom. The van der Waals surface area contributed by atoms with Crippen LogP contribution in [-0.2, 0) is 9.53 Å². The second-order valence-corrected chi connectivity index (χ2v) is 5.87. The molecule has 0 spiro atoms. The third-order valence-corrected chi connectivity index (χ3v) is 4.18. The number of ether oxygens (including phenoxy) is 1. The summed E-state index contributed by atoms with van der Waals surface area (Å²) in [6.07, 6.45) is 6.17. The molecule has 0 aromatic rings. The normalized spacial score (nSPS) is 20.7. The van der Waals surface area contributed by atoms with Crippen LogP contribution in [-0.4, -0.2) is 68.3 Å². The Balaban J connectivity index is 0.000000219. The second-order valence-electron chi connectivity index (χ2n) is 5.87. The fourth-order valence-electron chi connectivity index (χ4n) is 2.80. The number of ketones is 1. The van der Waals surface area contributed by atoms with Crippen molar-refractivity contribution in [2.75, 3.05) is 52.5 Å². The summed E-state index contributed by atoms with van der Waals surface area (Å²) in [5.74, 6) is 0.813. The molecule has 2 rings (SSSR count). The van der Waals surface area contributed by atoms with Gasteiger partial charge in [0.15, 0.2) is 0 Å². The number of Topliss-reactive ketones (excluding diaryl/α,β-unsaturated/α-hetero) is 1. The quantitative estimate of drug-likeness (QED) is 0.718. The monoisotopic (exact) mass is 300 g/mol. The van der Waals surface area contributed by atoms with Gasteiger partial charge in [0.25, 0.3) is 0 Å². The highest BCUT2D eigenvalue weighted by atomic mass is 16.5. The first kappa shape index (κ1) is 18.6. The summed E-state index contributed by atoms with van der Waals surface area (Å²) >= 11 is 0. The molecular formula is C16H32N2O3. The van der Waals surface area contributed by atoms with Crippen LogP contribution in [0.2, 0.25) is 0 Å². The van der Waals surface area contributed by atoms with Crippen LogP contribution in [0.4, 0.5) is 0 Å². The van der Waals surface area contributed by atoms with E-state index in [1.54, 1.807) is 6.92 Å². The van der Waals surface area contributed by atoms with E-state index in [0.717, 1.165) is 52.2 Å². The summed E-state index contributed by atoms with van der Waals surface area (Å²) < 4.78 is 5.17. The van der Waals surface area contributed by atoms with Gasteiger partial charge in [-0.15, -0.1) is 0 Å². The van der Waals surface area contributed by atoms with Crippen LogP contribution in [0.3, 0.4) is 0 Å². The molecule has 5 nitrogen and oxygen atoms in total. The van der Waals surface area contributed by atoms with Crippen molar-refractivity contribution in [1.82, 2.24) is 10.2 Å². The maximum absolute atomic E-state index is 10.8. The van der Waals surface area contributed by atoms with Crippen molar-refractivity contribution >= 4 is 5.78 Å². The van der Waals surface area contributed by atoms with Gasteiger partial charge in [-0.2, -0.15) is 0 Å². The predicted molar refractivity (Wildman–Crippen MR) is 84.5 cm³/mol. The van der Waals surface area contributed by atoms with Crippen LogP contribution < -0.4 is 5.32 Å². The van der Waals surface area contributed by atoms with Gasteiger partial charge < -0.3 is 15.2 Å².